The maximum absolute atomic E-state index is 13.3. The molecule has 1 unspecified atom stereocenters. The van der Waals surface area contributed by atoms with Gasteiger partial charge in [-0.15, -0.1) is 0 Å². The van der Waals surface area contributed by atoms with E-state index in [-0.39, 0.29) is 29.8 Å². The molecule has 2 aromatic rings. The molecule has 3 rings (SSSR count). The van der Waals surface area contributed by atoms with Gasteiger partial charge in [-0.25, -0.2) is 4.79 Å². The molecule has 2 heterocycles. The van der Waals surface area contributed by atoms with E-state index in [4.69, 9.17) is 9.15 Å². The summed E-state index contributed by atoms with van der Waals surface area (Å²) in [6.07, 6.45) is 4.29. The lowest BCUT2D eigenvalue weighted by Crippen LogP contribution is -2.47. The van der Waals surface area contributed by atoms with Crippen LogP contribution in [0.4, 0.5) is 0 Å². The number of H-pyrrole nitrogens is 1. The largest absolute Gasteiger partial charge is 0.467 e. The fourth-order valence-electron chi connectivity index (χ4n) is 3.64. The van der Waals surface area contributed by atoms with Gasteiger partial charge in [-0.05, 0) is 51.3 Å². The number of carbonyl (C=O) groups excluding carboxylic acids is 3. The minimum Gasteiger partial charge on any atom is -0.467 e. The van der Waals surface area contributed by atoms with Crippen LogP contribution in [0.25, 0.3) is 0 Å². The number of nitrogens with zero attached hydrogens (tertiary/aromatic N) is 1. The lowest BCUT2D eigenvalue weighted by Gasteiger charge is -2.34. The van der Waals surface area contributed by atoms with E-state index in [9.17, 15) is 14.4 Å². The quantitative estimate of drug-likeness (QED) is 0.581. The highest BCUT2D eigenvalue weighted by molar-refractivity contribution is 6.06. The van der Waals surface area contributed by atoms with Gasteiger partial charge in [0.1, 0.15) is 11.5 Å². The second-order valence-electron chi connectivity index (χ2n) is 7.33. The Morgan fingerprint density at radius 2 is 2.04 bits per heavy atom. The molecule has 1 aliphatic rings. The molecule has 28 heavy (non-hydrogen) atoms. The average Bonchev–Trinajstić information content (AvgIpc) is 3.24. The Balaban J connectivity index is 1.90. The van der Waals surface area contributed by atoms with Gasteiger partial charge in [-0.3, -0.25) is 9.59 Å². The zero-order chi connectivity index (χ0) is 20.4. The zero-order valence-electron chi connectivity index (χ0n) is 16.7. The predicted molar refractivity (Wildman–Crippen MR) is 102 cm³/mol. The SMILES string of the molecule is COC(=O)c1[nH]c(C)c(C(=O)C(C)N(Cc2ccco2)C(=O)C2CCC2)c1C. The van der Waals surface area contributed by atoms with Gasteiger partial charge >= 0.3 is 5.97 Å². The first-order valence-electron chi connectivity index (χ1n) is 9.49. The van der Waals surface area contributed by atoms with Crippen molar-refractivity contribution < 1.29 is 23.5 Å². The number of aryl methyl sites for hydroxylation is 1. The van der Waals surface area contributed by atoms with E-state index < -0.39 is 12.0 Å². The van der Waals surface area contributed by atoms with Crippen LogP contribution in [0.3, 0.4) is 0 Å². The summed E-state index contributed by atoms with van der Waals surface area (Å²) in [5, 5.41) is 0. The van der Waals surface area contributed by atoms with E-state index in [1.54, 1.807) is 44.1 Å². The molecule has 0 aliphatic heterocycles. The fraction of sp³-hybridized carbons (Fsp3) is 0.476. The molecule has 7 heteroatoms. The number of aromatic nitrogens is 1. The van der Waals surface area contributed by atoms with Gasteiger partial charge in [-0.2, -0.15) is 0 Å². The standard InChI is InChI=1S/C21H26N2O5/c1-12-17(13(2)22-18(12)21(26)27-4)19(24)14(3)23(11-16-9-6-10-28-16)20(25)15-7-5-8-15/h6,9-10,14-15,22H,5,7-8,11H2,1-4H3. The summed E-state index contributed by atoms with van der Waals surface area (Å²) in [6, 6.07) is 2.87. The molecule has 2 aromatic heterocycles. The van der Waals surface area contributed by atoms with Gasteiger partial charge < -0.3 is 19.0 Å². The van der Waals surface area contributed by atoms with Crippen LogP contribution in [0.2, 0.25) is 0 Å². The van der Waals surface area contributed by atoms with Crippen molar-refractivity contribution in [3.8, 4) is 0 Å². The third-order valence-corrected chi connectivity index (χ3v) is 5.56. The third-order valence-electron chi connectivity index (χ3n) is 5.56. The Hall–Kier alpha value is -2.83. The Labute approximate surface area is 164 Å². The minimum absolute atomic E-state index is 0.0254. The van der Waals surface area contributed by atoms with Crippen LogP contribution in [0, 0.1) is 19.8 Å². The Morgan fingerprint density at radius 3 is 2.57 bits per heavy atom. The zero-order valence-corrected chi connectivity index (χ0v) is 16.7. The van der Waals surface area contributed by atoms with Crippen molar-refractivity contribution in [1.29, 1.82) is 0 Å². The number of methoxy groups -OCH3 is 1. The molecule has 0 aromatic carbocycles. The highest BCUT2D eigenvalue weighted by Crippen LogP contribution is 2.31. The van der Waals surface area contributed by atoms with Crippen molar-refractivity contribution in [2.24, 2.45) is 5.92 Å². The topological polar surface area (TPSA) is 92.6 Å². The van der Waals surface area contributed by atoms with Gasteiger partial charge in [0.05, 0.1) is 26.0 Å². The van der Waals surface area contributed by atoms with Gasteiger partial charge in [0.25, 0.3) is 0 Å². The van der Waals surface area contributed by atoms with Crippen molar-refractivity contribution in [1.82, 2.24) is 9.88 Å². The third kappa shape index (κ3) is 3.61. The molecule has 1 atom stereocenters. The van der Waals surface area contributed by atoms with Gasteiger partial charge in [-0.1, -0.05) is 6.42 Å². The number of hydrogen-bond acceptors (Lipinski definition) is 5. The first kappa shape index (κ1) is 19.9. The lowest BCUT2D eigenvalue weighted by molar-refractivity contribution is -0.140. The number of hydrogen-bond donors (Lipinski definition) is 1. The second kappa shape index (κ2) is 8.04. The van der Waals surface area contributed by atoms with E-state index in [0.717, 1.165) is 19.3 Å². The molecule has 150 valence electrons. The fourth-order valence-corrected chi connectivity index (χ4v) is 3.64. The van der Waals surface area contributed by atoms with Gasteiger partial charge in [0.2, 0.25) is 5.91 Å². The number of esters is 1. The number of amides is 1. The van der Waals surface area contributed by atoms with Crippen LogP contribution in [0.1, 0.15) is 64.1 Å². The minimum atomic E-state index is -0.683. The Bertz CT molecular complexity index is 877. The van der Waals surface area contributed by atoms with E-state index in [1.807, 2.05) is 0 Å². The number of rotatable bonds is 7. The summed E-state index contributed by atoms with van der Waals surface area (Å²) in [6.45, 7) is 5.41. The van der Waals surface area contributed by atoms with E-state index >= 15 is 0 Å². The highest BCUT2D eigenvalue weighted by Gasteiger charge is 2.36. The first-order chi connectivity index (χ1) is 13.3. The Morgan fingerprint density at radius 1 is 1.32 bits per heavy atom. The summed E-state index contributed by atoms with van der Waals surface area (Å²) in [4.78, 5) is 42.8. The molecular formula is C21H26N2O5. The van der Waals surface area contributed by atoms with E-state index in [0.29, 0.717) is 22.6 Å². The van der Waals surface area contributed by atoms with E-state index in [2.05, 4.69) is 4.98 Å². The molecule has 1 N–H and O–H groups in total. The molecule has 7 nitrogen and oxygen atoms in total. The van der Waals surface area contributed by atoms with Crippen LogP contribution >= 0.6 is 0 Å². The monoisotopic (exact) mass is 386 g/mol. The van der Waals surface area contributed by atoms with E-state index in [1.165, 1.54) is 7.11 Å². The number of Topliss-reactive ketones (excluding diaryl/α,β-unsaturated/α-hetero) is 1. The summed E-state index contributed by atoms with van der Waals surface area (Å²) in [7, 11) is 1.30. The molecule has 0 radical (unpaired) electrons. The van der Waals surface area contributed by atoms with Crippen LogP contribution in [-0.2, 0) is 16.1 Å². The summed E-state index contributed by atoms with van der Waals surface area (Å²) in [5.74, 6) is -0.164. The molecule has 1 saturated carbocycles. The first-order valence-corrected chi connectivity index (χ1v) is 9.49. The number of aromatic amines is 1. The summed E-state index contributed by atoms with van der Waals surface area (Å²) < 4.78 is 10.2. The van der Waals surface area contributed by atoms with Crippen molar-refractivity contribution in [3.63, 3.8) is 0 Å². The van der Waals surface area contributed by atoms with Crippen molar-refractivity contribution in [3.05, 3.63) is 46.7 Å². The molecule has 0 saturated heterocycles. The highest BCUT2D eigenvalue weighted by atomic mass is 16.5. The number of nitrogens with one attached hydrogen (secondary N) is 1. The van der Waals surface area contributed by atoms with Gasteiger partial charge in [0.15, 0.2) is 5.78 Å². The van der Waals surface area contributed by atoms with Crippen molar-refractivity contribution in [2.75, 3.05) is 7.11 Å². The molecule has 1 amide bonds. The second-order valence-corrected chi connectivity index (χ2v) is 7.33. The molecule has 0 bridgehead atoms. The molecular weight excluding hydrogens is 360 g/mol. The van der Waals surface area contributed by atoms with Crippen LogP contribution in [0.5, 0.6) is 0 Å². The number of ether oxygens (including phenoxy) is 1. The Kier molecular flexibility index (Phi) is 5.72. The predicted octanol–water partition coefficient (Wildman–Crippen LogP) is 3.41. The normalized spacial score (nSPS) is 15.0. The van der Waals surface area contributed by atoms with Crippen LogP contribution < -0.4 is 0 Å². The van der Waals surface area contributed by atoms with Crippen LogP contribution in [-0.4, -0.2) is 40.7 Å². The van der Waals surface area contributed by atoms with Gasteiger partial charge in [0, 0.05) is 17.2 Å². The van der Waals surface area contributed by atoms with Crippen molar-refractivity contribution >= 4 is 17.7 Å². The molecule has 1 aliphatic carbocycles. The van der Waals surface area contributed by atoms with Crippen molar-refractivity contribution in [2.45, 2.75) is 52.6 Å². The molecule has 0 spiro atoms. The van der Waals surface area contributed by atoms with Crippen LogP contribution in [0.15, 0.2) is 22.8 Å². The maximum atomic E-state index is 13.3. The average molecular weight is 386 g/mol. The maximum Gasteiger partial charge on any atom is 0.354 e. The number of carbonyl (C=O) groups is 3. The lowest BCUT2D eigenvalue weighted by atomic mass is 9.83. The number of ketones is 1. The number of furan rings is 1. The molecule has 1 fully saturated rings. The smallest absolute Gasteiger partial charge is 0.354 e. The summed E-state index contributed by atoms with van der Waals surface area (Å²) >= 11 is 0. The summed E-state index contributed by atoms with van der Waals surface area (Å²) in [5.41, 5.74) is 1.82.